The molecule has 1 heterocycles. The molecule has 104 valence electrons. The fraction of sp³-hybridized carbons (Fsp3) is 0.500. The Morgan fingerprint density at radius 1 is 1.53 bits per heavy atom. The van der Waals surface area contributed by atoms with Crippen LogP contribution in [-0.2, 0) is 11.3 Å². The Bertz CT molecular complexity index is 464. The Hall–Kier alpha value is -1.26. The number of amides is 1. The lowest BCUT2D eigenvalue weighted by molar-refractivity contribution is -0.119. The third-order valence-electron chi connectivity index (χ3n) is 3.56. The van der Waals surface area contributed by atoms with E-state index in [9.17, 15) is 4.79 Å². The fourth-order valence-electron chi connectivity index (χ4n) is 2.66. The summed E-state index contributed by atoms with van der Waals surface area (Å²) in [6.45, 7) is 1.60. The first-order valence-corrected chi connectivity index (χ1v) is 7.00. The summed E-state index contributed by atoms with van der Waals surface area (Å²) in [6, 6.07) is 5.58. The predicted octanol–water partition coefficient (Wildman–Crippen LogP) is 1.90. The monoisotopic (exact) mass is 281 g/mol. The molecule has 1 atom stereocenters. The van der Waals surface area contributed by atoms with Crippen molar-refractivity contribution in [1.29, 1.82) is 0 Å². The minimum absolute atomic E-state index is 0.220. The van der Waals surface area contributed by atoms with Gasteiger partial charge in [-0.05, 0) is 44.0 Å². The number of anilines is 1. The van der Waals surface area contributed by atoms with Crippen LogP contribution in [0.1, 0.15) is 24.8 Å². The highest BCUT2D eigenvalue weighted by Gasteiger charge is 2.28. The number of nitrogens with zero attached hydrogens (tertiary/aromatic N) is 1. The molecule has 0 spiro atoms. The Labute approximate surface area is 118 Å². The number of hydrogen-bond donors (Lipinski definition) is 2. The summed E-state index contributed by atoms with van der Waals surface area (Å²) in [5, 5.41) is 3.83. The van der Waals surface area contributed by atoms with E-state index in [0.29, 0.717) is 5.02 Å². The number of carbonyl (C=O) groups excluding carboxylic acids is 1. The molecule has 0 radical (unpaired) electrons. The summed E-state index contributed by atoms with van der Waals surface area (Å²) in [5.41, 5.74) is 7.69. The van der Waals surface area contributed by atoms with Crippen molar-refractivity contribution in [3.05, 3.63) is 28.8 Å². The molecule has 4 nitrogen and oxygen atoms in total. The van der Waals surface area contributed by atoms with Crippen molar-refractivity contribution in [3.63, 3.8) is 0 Å². The van der Waals surface area contributed by atoms with Crippen LogP contribution in [0.4, 0.5) is 5.69 Å². The number of carbonyl (C=O) groups is 1. The number of benzene rings is 1. The smallest absolute Gasteiger partial charge is 0.240 e. The standard InChI is InChI=1S/C14H20ClN3O/c1-17-9-10-5-6-11(15)8-13(10)18-7-3-2-4-12(18)14(16)19/h5-6,8,12,17H,2-4,7,9H2,1H3,(H2,16,19). The molecule has 19 heavy (non-hydrogen) atoms. The highest BCUT2D eigenvalue weighted by Crippen LogP contribution is 2.30. The first-order valence-electron chi connectivity index (χ1n) is 6.62. The molecule has 1 aliphatic heterocycles. The van der Waals surface area contributed by atoms with Gasteiger partial charge in [0.05, 0.1) is 0 Å². The molecule has 3 N–H and O–H groups in total. The van der Waals surface area contributed by atoms with Gasteiger partial charge in [-0.3, -0.25) is 4.79 Å². The molecule has 0 aliphatic carbocycles. The summed E-state index contributed by atoms with van der Waals surface area (Å²) >= 11 is 6.10. The second-order valence-electron chi connectivity index (χ2n) is 4.91. The van der Waals surface area contributed by atoms with E-state index < -0.39 is 0 Å². The summed E-state index contributed by atoms with van der Waals surface area (Å²) in [7, 11) is 1.90. The van der Waals surface area contributed by atoms with Crippen molar-refractivity contribution >= 4 is 23.2 Å². The molecule has 2 rings (SSSR count). The Morgan fingerprint density at radius 2 is 2.32 bits per heavy atom. The van der Waals surface area contributed by atoms with E-state index in [1.165, 1.54) is 0 Å². The maximum atomic E-state index is 11.6. The number of primary amides is 1. The molecule has 1 unspecified atom stereocenters. The van der Waals surface area contributed by atoms with Crippen LogP contribution in [0.5, 0.6) is 0 Å². The minimum Gasteiger partial charge on any atom is -0.368 e. The van der Waals surface area contributed by atoms with E-state index in [1.54, 1.807) is 0 Å². The van der Waals surface area contributed by atoms with Gasteiger partial charge in [0.2, 0.25) is 5.91 Å². The third-order valence-corrected chi connectivity index (χ3v) is 3.79. The zero-order chi connectivity index (χ0) is 13.8. The highest BCUT2D eigenvalue weighted by molar-refractivity contribution is 6.30. The van der Waals surface area contributed by atoms with Crippen LogP contribution in [0, 0.1) is 0 Å². The second kappa shape index (κ2) is 6.26. The van der Waals surface area contributed by atoms with Gasteiger partial charge in [-0.2, -0.15) is 0 Å². The topological polar surface area (TPSA) is 58.4 Å². The molecule has 1 aromatic rings. The van der Waals surface area contributed by atoms with Crippen LogP contribution >= 0.6 is 11.6 Å². The van der Waals surface area contributed by atoms with Gasteiger partial charge in [0.15, 0.2) is 0 Å². The highest BCUT2D eigenvalue weighted by atomic mass is 35.5. The maximum Gasteiger partial charge on any atom is 0.240 e. The molecule has 0 aromatic heterocycles. The molecular weight excluding hydrogens is 262 g/mol. The largest absolute Gasteiger partial charge is 0.368 e. The summed E-state index contributed by atoms with van der Waals surface area (Å²) in [4.78, 5) is 13.7. The Kier molecular flexibility index (Phi) is 4.66. The van der Waals surface area contributed by atoms with E-state index in [4.69, 9.17) is 17.3 Å². The van der Waals surface area contributed by atoms with Crippen molar-refractivity contribution in [3.8, 4) is 0 Å². The van der Waals surface area contributed by atoms with Gasteiger partial charge < -0.3 is 16.0 Å². The van der Waals surface area contributed by atoms with Crippen molar-refractivity contribution in [1.82, 2.24) is 5.32 Å². The lowest BCUT2D eigenvalue weighted by Crippen LogP contribution is -2.48. The van der Waals surface area contributed by atoms with Gasteiger partial charge in [-0.25, -0.2) is 0 Å². The van der Waals surface area contributed by atoms with Gasteiger partial charge in [0.1, 0.15) is 6.04 Å². The van der Waals surface area contributed by atoms with Gasteiger partial charge >= 0.3 is 0 Å². The number of rotatable bonds is 4. The molecule has 1 aliphatic rings. The third kappa shape index (κ3) is 3.19. The molecule has 0 saturated carbocycles. The number of nitrogens with one attached hydrogen (secondary N) is 1. The van der Waals surface area contributed by atoms with E-state index in [0.717, 1.165) is 43.6 Å². The predicted molar refractivity (Wildman–Crippen MR) is 78.4 cm³/mol. The molecule has 1 fully saturated rings. The number of nitrogens with two attached hydrogens (primary N) is 1. The van der Waals surface area contributed by atoms with E-state index in [2.05, 4.69) is 10.2 Å². The van der Waals surface area contributed by atoms with Gasteiger partial charge in [-0.15, -0.1) is 0 Å². The van der Waals surface area contributed by atoms with E-state index >= 15 is 0 Å². The molecule has 1 aromatic carbocycles. The zero-order valence-corrected chi connectivity index (χ0v) is 11.9. The molecule has 5 heteroatoms. The lowest BCUT2D eigenvalue weighted by atomic mass is 9.99. The molecule has 0 bridgehead atoms. The molecule has 1 saturated heterocycles. The second-order valence-corrected chi connectivity index (χ2v) is 5.35. The molecule has 1 amide bonds. The SMILES string of the molecule is CNCc1ccc(Cl)cc1N1CCCCC1C(N)=O. The van der Waals surface area contributed by atoms with Gasteiger partial charge in [0, 0.05) is 23.8 Å². The van der Waals surface area contributed by atoms with Gasteiger partial charge in [0.25, 0.3) is 0 Å². The first kappa shape index (κ1) is 14.2. The van der Waals surface area contributed by atoms with E-state index in [1.807, 2.05) is 25.2 Å². The Balaban J connectivity index is 2.37. The average Bonchev–Trinajstić information content (AvgIpc) is 2.41. The van der Waals surface area contributed by atoms with Crippen molar-refractivity contribution < 1.29 is 4.79 Å². The number of halogens is 1. The zero-order valence-electron chi connectivity index (χ0n) is 11.2. The van der Waals surface area contributed by atoms with Crippen LogP contribution < -0.4 is 16.0 Å². The van der Waals surface area contributed by atoms with Crippen LogP contribution in [-0.4, -0.2) is 25.5 Å². The van der Waals surface area contributed by atoms with Crippen LogP contribution in [0.3, 0.4) is 0 Å². The number of hydrogen-bond acceptors (Lipinski definition) is 3. The normalized spacial score (nSPS) is 19.5. The minimum atomic E-state index is -0.255. The Morgan fingerprint density at radius 3 is 3.00 bits per heavy atom. The summed E-state index contributed by atoms with van der Waals surface area (Å²) in [6.07, 6.45) is 2.95. The quantitative estimate of drug-likeness (QED) is 0.886. The van der Waals surface area contributed by atoms with Crippen molar-refractivity contribution in [2.24, 2.45) is 5.73 Å². The lowest BCUT2D eigenvalue weighted by Gasteiger charge is -2.37. The summed E-state index contributed by atoms with van der Waals surface area (Å²) < 4.78 is 0. The van der Waals surface area contributed by atoms with Crippen molar-refractivity contribution in [2.75, 3.05) is 18.5 Å². The maximum absolute atomic E-state index is 11.6. The van der Waals surface area contributed by atoms with Crippen LogP contribution in [0.2, 0.25) is 5.02 Å². The number of piperidine rings is 1. The van der Waals surface area contributed by atoms with E-state index in [-0.39, 0.29) is 11.9 Å². The van der Waals surface area contributed by atoms with Gasteiger partial charge in [-0.1, -0.05) is 17.7 Å². The first-order chi connectivity index (χ1) is 9.13. The summed E-state index contributed by atoms with van der Waals surface area (Å²) in [5.74, 6) is -0.255. The van der Waals surface area contributed by atoms with Crippen LogP contribution in [0.15, 0.2) is 18.2 Å². The average molecular weight is 282 g/mol. The van der Waals surface area contributed by atoms with Crippen molar-refractivity contribution in [2.45, 2.75) is 31.8 Å². The molecular formula is C14H20ClN3O. The fourth-order valence-corrected chi connectivity index (χ4v) is 2.83. The van der Waals surface area contributed by atoms with Crippen LogP contribution in [0.25, 0.3) is 0 Å².